The van der Waals surface area contributed by atoms with Crippen LogP contribution in [0.2, 0.25) is 0 Å². The topological polar surface area (TPSA) is 36.0 Å². The highest BCUT2D eigenvalue weighted by Crippen LogP contribution is 2.37. The van der Waals surface area contributed by atoms with Crippen LogP contribution in [0.5, 0.6) is 5.75 Å². The van der Waals surface area contributed by atoms with Crippen molar-refractivity contribution in [2.45, 2.75) is 25.4 Å². The number of hydrogen-bond donors (Lipinski definition) is 0. The summed E-state index contributed by atoms with van der Waals surface area (Å²) in [5, 5.41) is 0. The summed E-state index contributed by atoms with van der Waals surface area (Å²) in [6.45, 7) is 7.12. The van der Waals surface area contributed by atoms with Gasteiger partial charge in [0.2, 0.25) is 5.91 Å². The van der Waals surface area contributed by atoms with Gasteiger partial charge in [-0.1, -0.05) is 31.2 Å². The zero-order chi connectivity index (χ0) is 24.3. The Kier molecular flexibility index (Phi) is 7.36. The van der Waals surface area contributed by atoms with E-state index >= 15 is 0 Å². The molecular weight excluding hydrogens is 443 g/mol. The van der Waals surface area contributed by atoms with E-state index in [-0.39, 0.29) is 17.7 Å². The molecule has 0 spiro atoms. The van der Waals surface area contributed by atoms with Crippen molar-refractivity contribution in [1.29, 1.82) is 0 Å². The Morgan fingerprint density at radius 1 is 1.03 bits per heavy atom. The Morgan fingerprint density at radius 3 is 2.44 bits per heavy atom. The van der Waals surface area contributed by atoms with Crippen LogP contribution in [0.4, 0.5) is 18.9 Å². The lowest BCUT2D eigenvalue weighted by Gasteiger charge is -2.38. The molecule has 0 saturated carbocycles. The Balaban J connectivity index is 1.45. The number of carbonyl (C=O) groups is 1. The van der Waals surface area contributed by atoms with E-state index in [1.165, 1.54) is 12.1 Å². The molecule has 2 heterocycles. The zero-order valence-electron chi connectivity index (χ0n) is 19.7. The minimum atomic E-state index is -4.38. The molecule has 2 aromatic carbocycles. The largest absolute Gasteiger partial charge is 0.497 e. The number of piperazine rings is 1. The van der Waals surface area contributed by atoms with Crippen LogP contribution in [0.15, 0.2) is 48.5 Å². The third-order valence-corrected chi connectivity index (χ3v) is 7.02. The van der Waals surface area contributed by atoms with Crippen molar-refractivity contribution in [3.05, 3.63) is 59.7 Å². The Labute approximate surface area is 199 Å². The van der Waals surface area contributed by atoms with Crippen LogP contribution in [0.1, 0.15) is 30.4 Å². The Hall–Kier alpha value is -2.74. The van der Waals surface area contributed by atoms with Crippen molar-refractivity contribution in [1.82, 2.24) is 9.80 Å². The van der Waals surface area contributed by atoms with Gasteiger partial charge in [0.05, 0.1) is 12.7 Å². The third-order valence-electron chi connectivity index (χ3n) is 7.02. The highest BCUT2D eigenvalue weighted by atomic mass is 19.4. The number of benzene rings is 2. The van der Waals surface area contributed by atoms with E-state index in [2.05, 4.69) is 15.9 Å². The van der Waals surface area contributed by atoms with Crippen LogP contribution in [0.3, 0.4) is 0 Å². The molecule has 0 bridgehead atoms. The minimum Gasteiger partial charge on any atom is -0.497 e. The zero-order valence-corrected chi connectivity index (χ0v) is 19.7. The first-order valence-corrected chi connectivity index (χ1v) is 11.8. The van der Waals surface area contributed by atoms with Gasteiger partial charge in [0.25, 0.3) is 0 Å². The average Bonchev–Trinajstić information content (AvgIpc) is 3.27. The number of hydrogen-bond acceptors (Lipinski definition) is 4. The summed E-state index contributed by atoms with van der Waals surface area (Å²) in [6, 6.07) is 13.6. The van der Waals surface area contributed by atoms with Crippen molar-refractivity contribution >= 4 is 11.6 Å². The molecule has 34 heavy (non-hydrogen) atoms. The fourth-order valence-electron chi connectivity index (χ4n) is 5.13. The summed E-state index contributed by atoms with van der Waals surface area (Å²) in [5.74, 6) is 0.884. The van der Waals surface area contributed by atoms with Gasteiger partial charge < -0.3 is 14.5 Å². The predicted octanol–water partition coefficient (Wildman–Crippen LogP) is 4.49. The lowest BCUT2D eigenvalue weighted by Crippen LogP contribution is -2.48. The van der Waals surface area contributed by atoms with Gasteiger partial charge in [-0.3, -0.25) is 9.69 Å². The summed E-state index contributed by atoms with van der Waals surface area (Å²) in [4.78, 5) is 18.9. The highest BCUT2D eigenvalue weighted by Gasteiger charge is 2.38. The minimum absolute atomic E-state index is 0.0577. The van der Waals surface area contributed by atoms with Crippen molar-refractivity contribution in [2.75, 3.05) is 57.8 Å². The van der Waals surface area contributed by atoms with E-state index < -0.39 is 11.7 Å². The number of methoxy groups -OCH3 is 1. The molecule has 0 aliphatic carbocycles. The first kappa shape index (κ1) is 24.4. The molecule has 2 aliphatic rings. The molecular formula is C26H32F3N3O2. The van der Waals surface area contributed by atoms with Crippen LogP contribution in [-0.2, 0) is 11.0 Å². The number of carbonyl (C=O) groups excluding carboxylic acids is 1. The van der Waals surface area contributed by atoms with E-state index in [1.54, 1.807) is 13.2 Å². The molecule has 2 unspecified atom stereocenters. The highest BCUT2D eigenvalue weighted by molar-refractivity contribution is 5.76. The van der Waals surface area contributed by atoms with E-state index in [4.69, 9.17) is 4.74 Å². The van der Waals surface area contributed by atoms with E-state index in [1.807, 2.05) is 30.0 Å². The maximum Gasteiger partial charge on any atom is 0.416 e. The normalized spacial score (nSPS) is 21.7. The van der Waals surface area contributed by atoms with Crippen molar-refractivity contribution in [3.8, 4) is 5.75 Å². The number of nitrogens with zero attached hydrogens (tertiary/aromatic N) is 3. The molecule has 2 fully saturated rings. The molecule has 184 valence electrons. The molecule has 5 nitrogen and oxygen atoms in total. The fourth-order valence-corrected chi connectivity index (χ4v) is 5.13. The molecule has 2 saturated heterocycles. The molecule has 8 heteroatoms. The molecule has 0 N–H and O–H groups in total. The first-order chi connectivity index (χ1) is 16.3. The lowest BCUT2D eigenvalue weighted by molar-refractivity contribution is -0.137. The quantitative estimate of drug-likeness (QED) is 0.617. The number of ether oxygens (including phenoxy) is 1. The second-order valence-electron chi connectivity index (χ2n) is 9.13. The molecule has 0 radical (unpaired) electrons. The van der Waals surface area contributed by atoms with Gasteiger partial charge >= 0.3 is 6.18 Å². The van der Waals surface area contributed by atoms with Crippen LogP contribution in [-0.4, -0.2) is 68.6 Å². The number of alkyl halides is 3. The van der Waals surface area contributed by atoms with Gasteiger partial charge in [-0.15, -0.1) is 0 Å². The van der Waals surface area contributed by atoms with Gasteiger partial charge in [-0.25, -0.2) is 0 Å². The predicted molar refractivity (Wildman–Crippen MR) is 126 cm³/mol. The van der Waals surface area contributed by atoms with Gasteiger partial charge in [-0.05, 0) is 29.7 Å². The molecule has 2 aliphatic heterocycles. The maximum absolute atomic E-state index is 13.3. The van der Waals surface area contributed by atoms with Crippen molar-refractivity contribution in [2.24, 2.45) is 5.92 Å². The Bertz CT molecular complexity index is 989. The van der Waals surface area contributed by atoms with E-state index in [0.717, 1.165) is 50.2 Å². The van der Waals surface area contributed by atoms with Crippen LogP contribution < -0.4 is 9.64 Å². The average molecular weight is 476 g/mol. The standard InChI is InChI=1S/C26H32F3N3O2/c1-3-25(33)32-17-20(24(18-32)19-6-4-7-21(14-19)26(27,28)29)16-30-10-12-31(13-11-30)22-8-5-9-23(15-22)34-2/h4-9,14-15,20,24H,3,10-13,16-18H2,1-2H3. The van der Waals surface area contributed by atoms with Gasteiger partial charge in [0.15, 0.2) is 0 Å². The number of halogens is 3. The second kappa shape index (κ2) is 10.3. The van der Waals surface area contributed by atoms with E-state index in [0.29, 0.717) is 25.1 Å². The maximum atomic E-state index is 13.3. The lowest BCUT2D eigenvalue weighted by atomic mass is 9.87. The van der Waals surface area contributed by atoms with Gasteiger partial charge in [-0.2, -0.15) is 13.2 Å². The van der Waals surface area contributed by atoms with Crippen LogP contribution >= 0.6 is 0 Å². The molecule has 2 aromatic rings. The first-order valence-electron chi connectivity index (χ1n) is 11.8. The smallest absolute Gasteiger partial charge is 0.416 e. The summed E-state index contributed by atoms with van der Waals surface area (Å²) in [6.07, 6.45) is -3.97. The van der Waals surface area contributed by atoms with Gasteiger partial charge in [0, 0.05) is 69.9 Å². The second-order valence-corrected chi connectivity index (χ2v) is 9.13. The molecule has 1 amide bonds. The number of amides is 1. The number of anilines is 1. The van der Waals surface area contributed by atoms with Gasteiger partial charge in [0.1, 0.15) is 5.75 Å². The summed E-state index contributed by atoms with van der Waals surface area (Å²) in [5.41, 5.74) is 1.17. The SMILES string of the molecule is CCC(=O)N1CC(CN2CCN(c3cccc(OC)c3)CC2)C(c2cccc(C(F)(F)F)c2)C1. The summed E-state index contributed by atoms with van der Waals surface area (Å²) < 4.78 is 45.3. The fraction of sp³-hybridized carbons (Fsp3) is 0.500. The number of rotatable bonds is 6. The summed E-state index contributed by atoms with van der Waals surface area (Å²) in [7, 11) is 1.66. The third kappa shape index (κ3) is 5.49. The van der Waals surface area contributed by atoms with E-state index in [9.17, 15) is 18.0 Å². The summed E-state index contributed by atoms with van der Waals surface area (Å²) >= 11 is 0. The Morgan fingerprint density at radius 2 is 1.76 bits per heavy atom. The van der Waals surface area contributed by atoms with Crippen molar-refractivity contribution in [3.63, 3.8) is 0 Å². The molecule has 0 aromatic heterocycles. The van der Waals surface area contributed by atoms with Crippen LogP contribution in [0.25, 0.3) is 0 Å². The van der Waals surface area contributed by atoms with Crippen LogP contribution in [0, 0.1) is 5.92 Å². The molecule has 4 rings (SSSR count). The van der Waals surface area contributed by atoms with Crippen molar-refractivity contribution < 1.29 is 22.7 Å². The molecule has 2 atom stereocenters. The monoisotopic (exact) mass is 475 g/mol. The number of likely N-dealkylation sites (tertiary alicyclic amines) is 1.